The molecule has 2 heterocycles. The molecule has 3 unspecified atom stereocenters. The third kappa shape index (κ3) is 3.31. The van der Waals surface area contributed by atoms with Crippen LogP contribution in [0.4, 0.5) is 13.2 Å². The average Bonchev–Trinajstić information content (AvgIpc) is 2.74. The summed E-state index contributed by atoms with van der Waals surface area (Å²) in [5.74, 6) is -1.14. The molecule has 0 radical (unpaired) electrons. The molecule has 0 spiro atoms. The maximum Gasteiger partial charge on any atom is 0.393 e. The Hall–Kier alpha value is 0. The highest BCUT2D eigenvalue weighted by Gasteiger charge is 2.49. The summed E-state index contributed by atoms with van der Waals surface area (Å²) in [7, 11) is 0. The summed E-state index contributed by atoms with van der Waals surface area (Å²) < 4.78 is 38.3. The molecule has 0 aromatic carbocycles. The van der Waals surface area contributed by atoms with Gasteiger partial charge in [-0.1, -0.05) is 6.92 Å². The summed E-state index contributed by atoms with van der Waals surface area (Å²) in [4.78, 5) is 2.02. The van der Waals surface area contributed by atoms with Crippen molar-refractivity contribution < 1.29 is 13.2 Å². The number of nitrogens with zero attached hydrogens (tertiary/aromatic N) is 1. The van der Waals surface area contributed by atoms with Crippen LogP contribution >= 0.6 is 12.4 Å². The van der Waals surface area contributed by atoms with Crippen molar-refractivity contribution in [3.63, 3.8) is 0 Å². The molecule has 0 saturated carbocycles. The normalized spacial score (nSPS) is 37.8. The fourth-order valence-electron chi connectivity index (χ4n) is 3.16. The summed E-state index contributed by atoms with van der Waals surface area (Å²) in [5.41, 5.74) is 0.148. The Labute approximate surface area is 113 Å². The topological polar surface area (TPSA) is 15.3 Å². The highest BCUT2D eigenvalue weighted by Crippen LogP contribution is 2.39. The molecule has 0 aromatic rings. The molecule has 0 aromatic heterocycles. The first-order valence-corrected chi connectivity index (χ1v) is 6.33. The quantitative estimate of drug-likeness (QED) is 0.840. The molecule has 2 saturated heterocycles. The molecular weight excluding hydrogens is 265 g/mol. The summed E-state index contributed by atoms with van der Waals surface area (Å²) in [5, 5.41) is 3.29. The van der Waals surface area contributed by atoms with E-state index >= 15 is 0 Å². The van der Waals surface area contributed by atoms with Crippen molar-refractivity contribution in [1.29, 1.82) is 0 Å². The van der Waals surface area contributed by atoms with E-state index in [4.69, 9.17) is 0 Å². The molecule has 2 aliphatic heterocycles. The largest absolute Gasteiger partial charge is 0.393 e. The van der Waals surface area contributed by atoms with Gasteiger partial charge in [-0.3, -0.25) is 4.90 Å². The molecule has 18 heavy (non-hydrogen) atoms. The maximum absolute atomic E-state index is 12.8. The molecule has 0 bridgehead atoms. The van der Waals surface area contributed by atoms with E-state index in [1.807, 2.05) is 4.90 Å². The summed E-state index contributed by atoms with van der Waals surface area (Å²) in [6.45, 7) is 7.17. The van der Waals surface area contributed by atoms with Crippen LogP contribution in [0.3, 0.4) is 0 Å². The SMILES string of the molecule is CC1C(C(F)(F)F)CCN1CC1(C)CCNC1.Cl. The lowest BCUT2D eigenvalue weighted by Gasteiger charge is -2.33. The molecule has 1 N–H and O–H groups in total. The lowest BCUT2D eigenvalue weighted by molar-refractivity contribution is -0.179. The summed E-state index contributed by atoms with van der Waals surface area (Å²) >= 11 is 0. The minimum Gasteiger partial charge on any atom is -0.316 e. The monoisotopic (exact) mass is 286 g/mol. The van der Waals surface area contributed by atoms with Gasteiger partial charge in [0.25, 0.3) is 0 Å². The fourth-order valence-corrected chi connectivity index (χ4v) is 3.16. The number of halogens is 4. The average molecular weight is 287 g/mol. The maximum atomic E-state index is 12.8. The molecule has 2 aliphatic rings. The number of likely N-dealkylation sites (tertiary alicyclic amines) is 1. The Morgan fingerprint density at radius 3 is 2.50 bits per heavy atom. The van der Waals surface area contributed by atoms with Crippen molar-refractivity contribution in [2.75, 3.05) is 26.2 Å². The van der Waals surface area contributed by atoms with Gasteiger partial charge in [0, 0.05) is 19.1 Å². The van der Waals surface area contributed by atoms with Crippen molar-refractivity contribution in [1.82, 2.24) is 10.2 Å². The lowest BCUT2D eigenvalue weighted by Crippen LogP contribution is -2.42. The van der Waals surface area contributed by atoms with Gasteiger partial charge in [0.05, 0.1) is 5.92 Å². The van der Waals surface area contributed by atoms with Crippen LogP contribution in [-0.2, 0) is 0 Å². The Morgan fingerprint density at radius 2 is 2.06 bits per heavy atom. The van der Waals surface area contributed by atoms with E-state index in [-0.39, 0.29) is 30.3 Å². The first-order chi connectivity index (χ1) is 7.82. The van der Waals surface area contributed by atoms with Crippen LogP contribution in [-0.4, -0.2) is 43.3 Å². The third-order valence-corrected chi connectivity index (χ3v) is 4.35. The molecule has 3 atom stereocenters. The van der Waals surface area contributed by atoms with Crippen molar-refractivity contribution in [3.05, 3.63) is 0 Å². The molecule has 108 valence electrons. The zero-order valence-electron chi connectivity index (χ0n) is 10.9. The smallest absolute Gasteiger partial charge is 0.316 e. The number of rotatable bonds is 2. The molecule has 2 fully saturated rings. The molecular formula is C12H22ClF3N2. The van der Waals surface area contributed by atoms with Crippen molar-refractivity contribution in [3.8, 4) is 0 Å². The first kappa shape index (κ1) is 16.1. The van der Waals surface area contributed by atoms with Crippen LogP contribution in [0.15, 0.2) is 0 Å². The highest BCUT2D eigenvalue weighted by atomic mass is 35.5. The molecule has 2 nitrogen and oxygen atoms in total. The van der Waals surface area contributed by atoms with Gasteiger partial charge in [0.15, 0.2) is 0 Å². The van der Waals surface area contributed by atoms with Crippen molar-refractivity contribution in [2.24, 2.45) is 11.3 Å². The van der Waals surface area contributed by atoms with Crippen LogP contribution in [0.1, 0.15) is 26.7 Å². The van der Waals surface area contributed by atoms with E-state index < -0.39 is 12.1 Å². The van der Waals surface area contributed by atoms with Crippen LogP contribution in [0, 0.1) is 11.3 Å². The number of hydrogen-bond acceptors (Lipinski definition) is 2. The molecule has 0 amide bonds. The minimum absolute atomic E-state index is 0. The second-order valence-electron chi connectivity index (χ2n) is 5.89. The van der Waals surface area contributed by atoms with Gasteiger partial charge in [0.2, 0.25) is 0 Å². The van der Waals surface area contributed by atoms with Crippen LogP contribution in [0.5, 0.6) is 0 Å². The van der Waals surface area contributed by atoms with Gasteiger partial charge in [-0.25, -0.2) is 0 Å². The van der Waals surface area contributed by atoms with Gasteiger partial charge >= 0.3 is 6.18 Å². The minimum atomic E-state index is -4.04. The summed E-state index contributed by atoms with van der Waals surface area (Å²) in [6, 6.07) is -0.368. The zero-order valence-corrected chi connectivity index (χ0v) is 11.7. The van der Waals surface area contributed by atoms with Gasteiger partial charge in [-0.15, -0.1) is 12.4 Å². The predicted molar refractivity (Wildman–Crippen MR) is 68.0 cm³/mol. The van der Waals surface area contributed by atoms with Crippen LogP contribution < -0.4 is 5.32 Å². The second-order valence-corrected chi connectivity index (χ2v) is 5.89. The lowest BCUT2D eigenvalue weighted by atomic mass is 9.89. The predicted octanol–water partition coefficient (Wildman–Crippen LogP) is 2.68. The molecule has 2 rings (SSSR count). The van der Waals surface area contributed by atoms with Gasteiger partial charge < -0.3 is 5.32 Å². The van der Waals surface area contributed by atoms with Crippen molar-refractivity contribution >= 4 is 12.4 Å². The van der Waals surface area contributed by atoms with E-state index in [2.05, 4.69) is 12.2 Å². The van der Waals surface area contributed by atoms with E-state index in [9.17, 15) is 13.2 Å². The van der Waals surface area contributed by atoms with E-state index in [0.717, 1.165) is 26.1 Å². The van der Waals surface area contributed by atoms with Gasteiger partial charge in [-0.05, 0) is 38.3 Å². The van der Waals surface area contributed by atoms with Gasteiger partial charge in [0.1, 0.15) is 0 Å². The van der Waals surface area contributed by atoms with Crippen LogP contribution in [0.2, 0.25) is 0 Å². The number of alkyl halides is 3. The second kappa shape index (κ2) is 5.55. The Bertz CT molecular complexity index is 277. The third-order valence-electron chi connectivity index (χ3n) is 4.35. The fraction of sp³-hybridized carbons (Fsp3) is 1.00. The summed E-state index contributed by atoms with van der Waals surface area (Å²) in [6.07, 6.45) is -2.72. The standard InChI is InChI=1S/C12H21F3N2.ClH/c1-9-10(12(13,14)15)3-6-17(9)8-11(2)4-5-16-7-11;/h9-10,16H,3-8H2,1-2H3;1H. The molecule has 0 aliphatic carbocycles. The van der Waals surface area contributed by atoms with E-state index in [1.54, 1.807) is 6.92 Å². The Morgan fingerprint density at radius 1 is 1.39 bits per heavy atom. The Kier molecular flexibility index (Phi) is 4.95. The van der Waals surface area contributed by atoms with E-state index in [0.29, 0.717) is 6.54 Å². The van der Waals surface area contributed by atoms with Gasteiger partial charge in [-0.2, -0.15) is 13.2 Å². The van der Waals surface area contributed by atoms with Crippen LogP contribution in [0.25, 0.3) is 0 Å². The van der Waals surface area contributed by atoms with E-state index in [1.165, 1.54) is 0 Å². The van der Waals surface area contributed by atoms with Crippen molar-refractivity contribution in [2.45, 2.75) is 38.9 Å². The first-order valence-electron chi connectivity index (χ1n) is 6.33. The molecule has 6 heteroatoms. The Balaban J connectivity index is 0.00000162. The zero-order chi connectivity index (χ0) is 12.7. The highest BCUT2D eigenvalue weighted by molar-refractivity contribution is 5.85. The number of nitrogens with one attached hydrogen (secondary N) is 1. The number of hydrogen-bond donors (Lipinski definition) is 1.